The predicted octanol–water partition coefficient (Wildman–Crippen LogP) is 8.21. The number of hydrogen-bond donors (Lipinski definition) is 0. The average Bonchev–Trinajstić information content (AvgIpc) is 2.71. The van der Waals surface area contributed by atoms with Crippen LogP contribution < -0.4 is 0 Å². The van der Waals surface area contributed by atoms with Gasteiger partial charge in [0.25, 0.3) is 0 Å². The molecule has 0 aliphatic heterocycles. The van der Waals surface area contributed by atoms with E-state index in [1.54, 1.807) is 0 Å². The maximum Gasteiger partial charge on any atom is 0.419 e. The molecule has 2 rings (SSSR count). The number of alkyl halides is 6. The van der Waals surface area contributed by atoms with E-state index < -0.39 is 105 Å². The van der Waals surface area contributed by atoms with Gasteiger partial charge in [-0.2, -0.15) is 26.3 Å². The Labute approximate surface area is 176 Å². The zero-order valence-corrected chi connectivity index (χ0v) is 15.2. The SMILES string of the molecule is FC=C(c1c(F)c(F)c(-c2c(F)c(F)c(C(=CF)C(F)(F)F)c(F)c2F)c(F)c1F)C(F)(F)F. The van der Waals surface area contributed by atoms with Crippen LogP contribution in [0.25, 0.3) is 22.3 Å². The summed E-state index contributed by atoms with van der Waals surface area (Å²) in [5.74, 6) is -25.1. The number of halogens is 16. The molecular formula is C18H2F16. The van der Waals surface area contributed by atoms with Gasteiger partial charge in [-0.15, -0.1) is 0 Å². The highest BCUT2D eigenvalue weighted by atomic mass is 19.4. The van der Waals surface area contributed by atoms with E-state index in [4.69, 9.17) is 0 Å². The fourth-order valence-electron chi connectivity index (χ4n) is 2.69. The normalized spacial score (nSPS) is 13.6. The second-order valence-electron chi connectivity index (χ2n) is 6.05. The molecule has 0 aliphatic carbocycles. The molecule has 0 aliphatic rings. The summed E-state index contributed by atoms with van der Waals surface area (Å²) in [6.45, 7) is 0. The number of hydrogen-bond acceptors (Lipinski definition) is 0. The first-order valence-electron chi connectivity index (χ1n) is 7.91. The summed E-state index contributed by atoms with van der Waals surface area (Å²) in [4.78, 5) is 0. The summed E-state index contributed by atoms with van der Waals surface area (Å²) in [6, 6.07) is 0. The fourth-order valence-corrected chi connectivity index (χ4v) is 2.69. The molecule has 0 nitrogen and oxygen atoms in total. The van der Waals surface area contributed by atoms with Gasteiger partial charge < -0.3 is 0 Å². The van der Waals surface area contributed by atoms with Gasteiger partial charge >= 0.3 is 12.4 Å². The Morgan fingerprint density at radius 2 is 0.618 bits per heavy atom. The smallest absolute Gasteiger partial charge is 0.215 e. The van der Waals surface area contributed by atoms with E-state index in [0.717, 1.165) is 0 Å². The number of benzene rings is 2. The minimum Gasteiger partial charge on any atom is -0.215 e. The van der Waals surface area contributed by atoms with Crippen molar-refractivity contribution < 1.29 is 70.2 Å². The lowest BCUT2D eigenvalue weighted by Gasteiger charge is -2.18. The summed E-state index contributed by atoms with van der Waals surface area (Å²) in [6.07, 6.45) is -15.0. The molecule has 0 unspecified atom stereocenters. The van der Waals surface area contributed by atoms with E-state index in [9.17, 15) is 70.2 Å². The largest absolute Gasteiger partial charge is 0.419 e. The number of allylic oxidation sites excluding steroid dienone is 2. The van der Waals surface area contributed by atoms with Crippen molar-refractivity contribution in [3.8, 4) is 11.1 Å². The molecule has 0 saturated heterocycles. The summed E-state index contributed by atoms with van der Waals surface area (Å²) < 4.78 is 215. The van der Waals surface area contributed by atoms with Crippen molar-refractivity contribution in [2.24, 2.45) is 0 Å². The molecule has 34 heavy (non-hydrogen) atoms. The third kappa shape index (κ3) is 4.20. The maximum absolute atomic E-state index is 14.3. The first-order valence-corrected chi connectivity index (χ1v) is 7.91. The molecule has 0 heterocycles. The van der Waals surface area contributed by atoms with E-state index in [1.807, 2.05) is 0 Å². The average molecular weight is 522 g/mol. The molecule has 0 spiro atoms. The van der Waals surface area contributed by atoms with Crippen molar-refractivity contribution in [3.05, 3.63) is 70.3 Å². The highest BCUT2D eigenvalue weighted by Gasteiger charge is 2.44. The van der Waals surface area contributed by atoms with Gasteiger partial charge in [0.05, 0.1) is 46.1 Å². The lowest BCUT2D eigenvalue weighted by molar-refractivity contribution is -0.0708. The number of rotatable bonds is 3. The Morgan fingerprint density at radius 3 is 0.765 bits per heavy atom. The zero-order chi connectivity index (χ0) is 26.5. The van der Waals surface area contributed by atoms with Crippen LogP contribution in [0.2, 0.25) is 0 Å². The minimum atomic E-state index is -5.99. The molecule has 2 aromatic carbocycles. The molecule has 2 aromatic rings. The Balaban J connectivity index is 3.03. The van der Waals surface area contributed by atoms with E-state index >= 15 is 0 Å². The minimum absolute atomic E-state index is 1.53. The molecule has 0 N–H and O–H groups in total. The molecule has 0 fully saturated rings. The van der Waals surface area contributed by atoms with Gasteiger partial charge in [-0.1, -0.05) is 0 Å². The van der Waals surface area contributed by atoms with Gasteiger partial charge in [0.1, 0.15) is 0 Å². The predicted molar refractivity (Wildman–Crippen MR) is 81.8 cm³/mol. The van der Waals surface area contributed by atoms with Gasteiger partial charge in [-0.25, -0.2) is 43.9 Å². The van der Waals surface area contributed by atoms with Crippen LogP contribution in [0.15, 0.2) is 12.7 Å². The van der Waals surface area contributed by atoms with Crippen molar-refractivity contribution in [1.82, 2.24) is 0 Å². The van der Waals surface area contributed by atoms with Crippen molar-refractivity contribution >= 4 is 11.1 Å². The van der Waals surface area contributed by atoms with E-state index in [2.05, 4.69) is 0 Å². The summed E-state index contributed by atoms with van der Waals surface area (Å²) in [5.41, 5.74) is -16.9. The molecule has 0 amide bonds. The van der Waals surface area contributed by atoms with Crippen LogP contribution in [0.3, 0.4) is 0 Å². The third-order valence-electron chi connectivity index (χ3n) is 4.14. The lowest BCUT2D eigenvalue weighted by Crippen LogP contribution is -2.18. The second kappa shape index (κ2) is 8.87. The summed E-state index contributed by atoms with van der Waals surface area (Å²) >= 11 is 0. The molecular weight excluding hydrogens is 520 g/mol. The van der Waals surface area contributed by atoms with Gasteiger partial charge in [0.2, 0.25) is 0 Å². The quantitative estimate of drug-likeness (QED) is 0.282. The molecule has 186 valence electrons. The first-order chi connectivity index (χ1) is 15.4. The first kappa shape index (κ1) is 27.0. The molecule has 0 bridgehead atoms. The van der Waals surface area contributed by atoms with Crippen LogP contribution in [0.5, 0.6) is 0 Å². The maximum atomic E-state index is 14.3. The molecule has 0 aromatic heterocycles. The standard InChI is InChI=1S/C18H2F16/c19-1-3(17(29,30)31)5-9(21)13(25)7(14(26)10(5)22)8-15(27)11(23)6(12(24)16(8)28)4(2-20)18(32,33)34/h1-2H. The topological polar surface area (TPSA) is 0 Å². The second-order valence-corrected chi connectivity index (χ2v) is 6.05. The van der Waals surface area contributed by atoms with Crippen LogP contribution in [0.4, 0.5) is 70.2 Å². The van der Waals surface area contributed by atoms with Crippen LogP contribution in [-0.2, 0) is 0 Å². The van der Waals surface area contributed by atoms with Gasteiger partial charge in [0.15, 0.2) is 46.5 Å². The van der Waals surface area contributed by atoms with Crippen LogP contribution in [0.1, 0.15) is 11.1 Å². The highest BCUT2D eigenvalue weighted by Crippen LogP contribution is 2.45. The Morgan fingerprint density at radius 1 is 0.412 bits per heavy atom. The monoisotopic (exact) mass is 522 g/mol. The third-order valence-corrected chi connectivity index (χ3v) is 4.14. The van der Waals surface area contributed by atoms with E-state index in [1.165, 1.54) is 0 Å². The van der Waals surface area contributed by atoms with Gasteiger partial charge in [0, 0.05) is 0 Å². The molecule has 0 atom stereocenters. The zero-order valence-electron chi connectivity index (χ0n) is 15.2. The Hall–Kier alpha value is -3.20. The fraction of sp³-hybridized carbons (Fsp3) is 0.111. The molecule has 0 saturated carbocycles. The van der Waals surface area contributed by atoms with Crippen LogP contribution in [-0.4, -0.2) is 12.4 Å². The highest BCUT2D eigenvalue weighted by molar-refractivity contribution is 5.77. The van der Waals surface area contributed by atoms with Gasteiger partial charge in [-0.3, -0.25) is 0 Å². The Bertz CT molecular complexity index is 1060. The summed E-state index contributed by atoms with van der Waals surface area (Å²) in [5, 5.41) is 0. The van der Waals surface area contributed by atoms with Crippen molar-refractivity contribution in [3.63, 3.8) is 0 Å². The van der Waals surface area contributed by atoms with E-state index in [0.29, 0.717) is 0 Å². The van der Waals surface area contributed by atoms with Crippen molar-refractivity contribution in [1.29, 1.82) is 0 Å². The Kier molecular flexibility index (Phi) is 7.05. The molecule has 0 radical (unpaired) electrons. The molecule has 16 heteroatoms. The van der Waals surface area contributed by atoms with Crippen LogP contribution in [0, 0.1) is 46.5 Å². The summed E-state index contributed by atoms with van der Waals surface area (Å²) in [7, 11) is 0. The van der Waals surface area contributed by atoms with Crippen LogP contribution >= 0.6 is 0 Å². The van der Waals surface area contributed by atoms with Crippen molar-refractivity contribution in [2.45, 2.75) is 12.4 Å². The van der Waals surface area contributed by atoms with Gasteiger partial charge in [-0.05, 0) is 0 Å². The van der Waals surface area contributed by atoms with E-state index in [-0.39, 0.29) is 0 Å². The lowest BCUT2D eigenvalue weighted by atomic mass is 9.94. The van der Waals surface area contributed by atoms with Crippen molar-refractivity contribution in [2.75, 3.05) is 0 Å².